The van der Waals surface area contributed by atoms with Crippen molar-refractivity contribution in [2.75, 3.05) is 33.0 Å². The molecule has 0 spiro atoms. The Labute approximate surface area is 110 Å². The largest absolute Gasteiger partial charge is 0.394 e. The van der Waals surface area contributed by atoms with E-state index in [2.05, 4.69) is 0 Å². The van der Waals surface area contributed by atoms with Crippen molar-refractivity contribution in [3.05, 3.63) is 0 Å². The molecule has 0 bridgehead atoms. The van der Waals surface area contributed by atoms with Gasteiger partial charge in [0.1, 0.15) is 12.2 Å². The summed E-state index contributed by atoms with van der Waals surface area (Å²) in [5.74, 6) is -2.37. The average Bonchev–Trinajstić information content (AvgIpc) is 2.42. The Kier molecular flexibility index (Phi) is 9.35. The highest BCUT2D eigenvalue weighted by Gasteiger charge is 2.33. The predicted octanol–water partition coefficient (Wildman–Crippen LogP) is -3.88. The van der Waals surface area contributed by atoms with Gasteiger partial charge in [0.15, 0.2) is 0 Å². The van der Waals surface area contributed by atoms with Gasteiger partial charge < -0.3 is 45.2 Å². The monoisotopic (exact) mass is 286 g/mol. The van der Waals surface area contributed by atoms with E-state index in [9.17, 15) is 10.2 Å². The van der Waals surface area contributed by atoms with Crippen molar-refractivity contribution in [1.82, 2.24) is 0 Å². The third-order valence-electron chi connectivity index (χ3n) is 2.13. The zero-order chi connectivity index (χ0) is 14.9. The summed E-state index contributed by atoms with van der Waals surface area (Å²) in [5.41, 5.74) is 0. The van der Waals surface area contributed by atoms with Gasteiger partial charge in [-0.05, 0) is 0 Å². The van der Waals surface area contributed by atoms with E-state index in [1.165, 1.54) is 0 Å². The summed E-state index contributed by atoms with van der Waals surface area (Å²) in [6, 6.07) is 0. The van der Waals surface area contributed by atoms with Gasteiger partial charge in [-0.3, -0.25) is 0 Å². The molecule has 0 heterocycles. The topological polar surface area (TPSA) is 160 Å². The summed E-state index contributed by atoms with van der Waals surface area (Å²) >= 11 is 0. The van der Waals surface area contributed by atoms with Crippen LogP contribution in [0.25, 0.3) is 0 Å². The summed E-state index contributed by atoms with van der Waals surface area (Å²) in [4.78, 5) is 0. The Morgan fingerprint density at radius 2 is 1.11 bits per heavy atom. The fourth-order valence-electron chi connectivity index (χ4n) is 1.08. The Morgan fingerprint density at radius 3 is 1.42 bits per heavy atom. The zero-order valence-electron chi connectivity index (χ0n) is 10.4. The summed E-state index contributed by atoms with van der Waals surface area (Å²) < 4.78 is 9.62. The number of ether oxygens (including phenoxy) is 2. The standard InChI is InChI=1S/C10H22O9/c11-2-7(14)1-10(17,18-5-8(15)3-12)19-6-9(16)4-13/h7-9,11-17H,1-6H2. The van der Waals surface area contributed by atoms with Crippen molar-refractivity contribution in [3.8, 4) is 0 Å². The van der Waals surface area contributed by atoms with Crippen molar-refractivity contribution in [2.24, 2.45) is 0 Å². The average molecular weight is 286 g/mol. The summed E-state index contributed by atoms with van der Waals surface area (Å²) in [6.45, 7) is -2.82. The van der Waals surface area contributed by atoms with Gasteiger partial charge in [-0.1, -0.05) is 0 Å². The van der Waals surface area contributed by atoms with Gasteiger partial charge in [-0.15, -0.1) is 0 Å². The molecule has 0 aromatic rings. The van der Waals surface area contributed by atoms with Crippen LogP contribution in [0.2, 0.25) is 0 Å². The van der Waals surface area contributed by atoms with Gasteiger partial charge in [0.2, 0.25) is 0 Å². The first-order valence-electron chi connectivity index (χ1n) is 5.74. The minimum atomic E-state index is -2.37. The van der Waals surface area contributed by atoms with Crippen LogP contribution in [0.4, 0.5) is 0 Å². The molecule has 0 aliphatic carbocycles. The molecule has 9 nitrogen and oxygen atoms in total. The number of aliphatic hydroxyl groups excluding tert-OH is 6. The highest BCUT2D eigenvalue weighted by molar-refractivity contribution is 4.65. The lowest BCUT2D eigenvalue weighted by Gasteiger charge is -2.30. The highest BCUT2D eigenvalue weighted by atomic mass is 16.8. The lowest BCUT2D eigenvalue weighted by Crippen LogP contribution is -2.44. The van der Waals surface area contributed by atoms with Crippen LogP contribution in [0, 0.1) is 0 Å². The molecule has 0 radical (unpaired) electrons. The highest BCUT2D eigenvalue weighted by Crippen LogP contribution is 2.18. The Bertz CT molecular complexity index is 211. The SMILES string of the molecule is OCC(O)COC(O)(CC(O)CO)OCC(O)CO. The normalized spacial score (nSPS) is 19.7. The maximum absolute atomic E-state index is 9.90. The summed E-state index contributed by atoms with van der Waals surface area (Å²) in [6.07, 6.45) is -4.41. The van der Waals surface area contributed by atoms with Crippen LogP contribution in [-0.2, 0) is 9.47 Å². The number of aliphatic hydroxyl groups is 7. The molecule has 0 fully saturated rings. The van der Waals surface area contributed by atoms with Gasteiger partial charge in [-0.25, -0.2) is 0 Å². The van der Waals surface area contributed by atoms with E-state index in [-0.39, 0.29) is 0 Å². The smallest absolute Gasteiger partial charge is 0.283 e. The summed E-state index contributed by atoms with van der Waals surface area (Å²) in [7, 11) is 0. The maximum atomic E-state index is 9.90. The van der Waals surface area contributed by atoms with Crippen LogP contribution < -0.4 is 0 Å². The molecule has 7 N–H and O–H groups in total. The molecular formula is C10H22O9. The number of rotatable bonds is 11. The molecule has 0 aliphatic heterocycles. The van der Waals surface area contributed by atoms with Crippen molar-refractivity contribution < 1.29 is 45.2 Å². The Balaban J connectivity index is 4.43. The van der Waals surface area contributed by atoms with Gasteiger partial charge >= 0.3 is 0 Å². The first-order chi connectivity index (χ1) is 8.86. The van der Waals surface area contributed by atoms with Crippen LogP contribution in [0.3, 0.4) is 0 Å². The third-order valence-corrected chi connectivity index (χ3v) is 2.13. The van der Waals surface area contributed by atoms with Crippen LogP contribution >= 0.6 is 0 Å². The van der Waals surface area contributed by atoms with E-state index in [1.54, 1.807) is 0 Å². The van der Waals surface area contributed by atoms with Crippen LogP contribution in [0.15, 0.2) is 0 Å². The molecule has 3 atom stereocenters. The Morgan fingerprint density at radius 1 is 0.737 bits per heavy atom. The number of hydrogen-bond donors (Lipinski definition) is 7. The molecule has 116 valence electrons. The lowest BCUT2D eigenvalue weighted by atomic mass is 10.2. The van der Waals surface area contributed by atoms with Crippen LogP contribution in [0.5, 0.6) is 0 Å². The second-order valence-electron chi connectivity index (χ2n) is 4.05. The Hall–Kier alpha value is -0.360. The molecular weight excluding hydrogens is 264 g/mol. The van der Waals surface area contributed by atoms with Gasteiger partial charge in [0.25, 0.3) is 5.97 Å². The molecule has 0 saturated heterocycles. The molecule has 0 rings (SSSR count). The second kappa shape index (κ2) is 9.53. The fraction of sp³-hybridized carbons (Fsp3) is 1.00. The van der Waals surface area contributed by atoms with E-state index in [4.69, 9.17) is 35.0 Å². The van der Waals surface area contributed by atoms with Crippen LogP contribution in [0.1, 0.15) is 6.42 Å². The van der Waals surface area contributed by atoms with Crippen molar-refractivity contribution >= 4 is 0 Å². The van der Waals surface area contributed by atoms with Crippen LogP contribution in [-0.4, -0.2) is 93.1 Å². The van der Waals surface area contributed by atoms with Gasteiger partial charge in [-0.2, -0.15) is 0 Å². The first-order valence-corrected chi connectivity index (χ1v) is 5.74. The fourth-order valence-corrected chi connectivity index (χ4v) is 1.08. The molecule has 0 aromatic carbocycles. The molecule has 0 amide bonds. The zero-order valence-corrected chi connectivity index (χ0v) is 10.4. The van der Waals surface area contributed by atoms with E-state index >= 15 is 0 Å². The van der Waals surface area contributed by atoms with E-state index < -0.39 is 63.7 Å². The summed E-state index contributed by atoms with van der Waals surface area (Å²) in [5, 5.41) is 63.2. The molecule has 19 heavy (non-hydrogen) atoms. The van der Waals surface area contributed by atoms with E-state index in [0.29, 0.717) is 0 Å². The predicted molar refractivity (Wildman–Crippen MR) is 60.7 cm³/mol. The minimum absolute atomic E-state index is 0.486. The first kappa shape index (κ1) is 18.6. The van der Waals surface area contributed by atoms with Crippen molar-refractivity contribution in [2.45, 2.75) is 30.7 Å². The molecule has 0 aromatic heterocycles. The van der Waals surface area contributed by atoms with Gasteiger partial charge in [0.05, 0.1) is 45.6 Å². The number of hydrogen-bond acceptors (Lipinski definition) is 9. The second-order valence-corrected chi connectivity index (χ2v) is 4.05. The molecule has 0 aliphatic rings. The van der Waals surface area contributed by atoms with E-state index in [1.807, 2.05) is 0 Å². The lowest BCUT2D eigenvalue weighted by molar-refractivity contribution is -0.379. The molecule has 3 unspecified atom stereocenters. The molecule has 9 heteroatoms. The quantitative estimate of drug-likeness (QED) is 0.188. The van der Waals surface area contributed by atoms with E-state index in [0.717, 1.165) is 0 Å². The third kappa shape index (κ3) is 8.42. The minimum Gasteiger partial charge on any atom is -0.394 e. The van der Waals surface area contributed by atoms with Crippen molar-refractivity contribution in [1.29, 1.82) is 0 Å². The molecule has 0 saturated carbocycles. The maximum Gasteiger partial charge on any atom is 0.283 e. The van der Waals surface area contributed by atoms with Crippen molar-refractivity contribution in [3.63, 3.8) is 0 Å². The van der Waals surface area contributed by atoms with Gasteiger partial charge in [0, 0.05) is 0 Å².